The Morgan fingerprint density at radius 1 is 1.36 bits per heavy atom. The van der Waals surface area contributed by atoms with Crippen LogP contribution in [0.5, 0.6) is 0 Å². The highest BCUT2D eigenvalue weighted by atomic mass is 16.1. The zero-order valence-corrected chi connectivity index (χ0v) is 15.9. The average molecular weight is 342 g/mol. The third kappa shape index (κ3) is 3.37. The van der Waals surface area contributed by atoms with E-state index in [0.717, 1.165) is 54.6 Å². The summed E-state index contributed by atoms with van der Waals surface area (Å²) in [4.78, 5) is 25.3. The van der Waals surface area contributed by atoms with Crippen molar-refractivity contribution in [3.8, 4) is 0 Å². The highest BCUT2D eigenvalue weighted by Crippen LogP contribution is 2.42. The van der Waals surface area contributed by atoms with E-state index < -0.39 is 0 Å². The monoisotopic (exact) mass is 342 g/mol. The Bertz CT molecular complexity index is 696. The number of Topliss-reactive ketones (excluding diaryl/α,β-unsaturated/α-hetero) is 1. The van der Waals surface area contributed by atoms with Crippen LogP contribution in [0.15, 0.2) is 6.07 Å². The highest BCUT2D eigenvalue weighted by molar-refractivity contribution is 6.06. The molecule has 3 rings (SSSR count). The van der Waals surface area contributed by atoms with Gasteiger partial charge in [0.05, 0.1) is 0 Å². The van der Waals surface area contributed by atoms with Gasteiger partial charge in [-0.2, -0.15) is 0 Å². The van der Waals surface area contributed by atoms with Gasteiger partial charge >= 0.3 is 0 Å². The zero-order chi connectivity index (χ0) is 18.1. The van der Waals surface area contributed by atoms with Crippen LogP contribution in [-0.2, 0) is 11.2 Å². The number of nitrogens with one attached hydrogen (secondary N) is 2. The molecule has 1 aliphatic heterocycles. The molecule has 0 spiro atoms. The van der Waals surface area contributed by atoms with E-state index >= 15 is 0 Å². The van der Waals surface area contributed by atoms with Crippen molar-refractivity contribution >= 4 is 17.4 Å². The number of unbranched alkanes of at least 4 members (excludes halogenated alkanes) is 1. The first kappa shape index (κ1) is 18.1. The molecule has 1 aromatic rings. The molecule has 3 atom stereocenters. The Kier molecular flexibility index (Phi) is 5.28. The molecule has 4 nitrogen and oxygen atoms in total. The Morgan fingerprint density at radius 2 is 2.12 bits per heavy atom. The van der Waals surface area contributed by atoms with E-state index in [1.165, 1.54) is 5.56 Å². The molecule has 3 unspecified atom stereocenters. The molecule has 4 heteroatoms. The standard InChI is InChI=1S/C21H30N2O2/c1-5-6-9-22-14(4)16-8-7-15-10-13(3)20-18(19(15)21(16)25)12(2)11-17(24)23-20/h10,12,14,16,22H,5-9,11H2,1-4H3,(H,23,24). The Morgan fingerprint density at radius 3 is 2.84 bits per heavy atom. The summed E-state index contributed by atoms with van der Waals surface area (Å²) < 4.78 is 0. The number of amides is 1. The third-order valence-corrected chi connectivity index (χ3v) is 5.80. The molecule has 1 aromatic carbocycles. The van der Waals surface area contributed by atoms with Crippen molar-refractivity contribution < 1.29 is 9.59 Å². The lowest BCUT2D eigenvalue weighted by molar-refractivity contribution is -0.116. The summed E-state index contributed by atoms with van der Waals surface area (Å²) in [6.07, 6.45) is 4.61. The van der Waals surface area contributed by atoms with Crippen LogP contribution in [0.25, 0.3) is 0 Å². The third-order valence-electron chi connectivity index (χ3n) is 5.80. The topological polar surface area (TPSA) is 58.2 Å². The minimum Gasteiger partial charge on any atom is -0.326 e. The molecule has 0 saturated heterocycles. The molecule has 1 heterocycles. The van der Waals surface area contributed by atoms with Gasteiger partial charge in [0.15, 0.2) is 5.78 Å². The fraction of sp³-hybridized carbons (Fsp3) is 0.619. The number of aryl methyl sites for hydroxylation is 2. The van der Waals surface area contributed by atoms with Crippen molar-refractivity contribution in [2.45, 2.75) is 71.8 Å². The van der Waals surface area contributed by atoms with Crippen LogP contribution in [0.4, 0.5) is 5.69 Å². The number of anilines is 1. The smallest absolute Gasteiger partial charge is 0.224 e. The molecule has 0 aromatic heterocycles. The van der Waals surface area contributed by atoms with Gasteiger partial charge in [-0.05, 0) is 62.3 Å². The molecule has 0 bridgehead atoms. The maximum Gasteiger partial charge on any atom is 0.224 e. The van der Waals surface area contributed by atoms with Gasteiger partial charge in [0.1, 0.15) is 0 Å². The number of fused-ring (bicyclic) bond motifs is 3. The van der Waals surface area contributed by atoms with E-state index in [0.29, 0.717) is 6.42 Å². The van der Waals surface area contributed by atoms with Crippen LogP contribution in [0.1, 0.15) is 79.4 Å². The molecule has 0 fully saturated rings. The fourth-order valence-corrected chi connectivity index (χ4v) is 4.39. The first-order valence-electron chi connectivity index (χ1n) is 9.67. The second-order valence-electron chi connectivity index (χ2n) is 7.78. The van der Waals surface area contributed by atoms with E-state index in [1.54, 1.807) is 0 Å². The Labute approximate surface area is 150 Å². The highest BCUT2D eigenvalue weighted by Gasteiger charge is 2.37. The summed E-state index contributed by atoms with van der Waals surface area (Å²) in [5.74, 6) is 0.443. The first-order chi connectivity index (χ1) is 11.9. The maximum absolute atomic E-state index is 13.3. The van der Waals surface area contributed by atoms with Gasteiger partial charge in [-0.15, -0.1) is 0 Å². The largest absolute Gasteiger partial charge is 0.326 e. The van der Waals surface area contributed by atoms with Gasteiger partial charge in [-0.25, -0.2) is 0 Å². The van der Waals surface area contributed by atoms with Crippen LogP contribution >= 0.6 is 0 Å². The first-order valence-corrected chi connectivity index (χ1v) is 9.67. The predicted molar refractivity (Wildman–Crippen MR) is 101 cm³/mol. The number of benzene rings is 1. The molecule has 0 saturated carbocycles. The Balaban J connectivity index is 1.95. The molecule has 0 radical (unpaired) electrons. The quantitative estimate of drug-likeness (QED) is 0.796. The van der Waals surface area contributed by atoms with E-state index in [9.17, 15) is 9.59 Å². The number of ketones is 1. The number of hydrogen-bond donors (Lipinski definition) is 2. The number of hydrogen-bond acceptors (Lipinski definition) is 3. The second kappa shape index (κ2) is 7.28. The van der Waals surface area contributed by atoms with Crippen LogP contribution in [0, 0.1) is 12.8 Å². The summed E-state index contributed by atoms with van der Waals surface area (Å²) in [6, 6.07) is 2.30. The lowest BCUT2D eigenvalue weighted by Crippen LogP contribution is -2.41. The molecule has 1 amide bonds. The summed E-state index contributed by atoms with van der Waals surface area (Å²) in [7, 11) is 0. The van der Waals surface area contributed by atoms with Crippen LogP contribution in [-0.4, -0.2) is 24.3 Å². The lowest BCUT2D eigenvalue weighted by Gasteiger charge is -2.34. The summed E-state index contributed by atoms with van der Waals surface area (Å²) in [6.45, 7) is 9.38. The molecule has 25 heavy (non-hydrogen) atoms. The summed E-state index contributed by atoms with van der Waals surface area (Å²) in [5.41, 5.74) is 5.09. The summed E-state index contributed by atoms with van der Waals surface area (Å²) in [5, 5.41) is 6.54. The molecule has 136 valence electrons. The Hall–Kier alpha value is -1.68. The van der Waals surface area contributed by atoms with E-state index in [1.807, 2.05) is 6.92 Å². The normalized spacial score (nSPS) is 23.7. The van der Waals surface area contributed by atoms with Crippen LogP contribution in [0.3, 0.4) is 0 Å². The van der Waals surface area contributed by atoms with Gasteiger partial charge in [0.25, 0.3) is 0 Å². The number of rotatable bonds is 5. The van der Waals surface area contributed by atoms with E-state index in [-0.39, 0.29) is 29.6 Å². The van der Waals surface area contributed by atoms with Crippen molar-refractivity contribution in [1.29, 1.82) is 0 Å². The minimum absolute atomic E-state index is 0.0287. The minimum atomic E-state index is 0.0287. The van der Waals surface area contributed by atoms with Crippen LogP contribution in [0.2, 0.25) is 0 Å². The number of carbonyl (C=O) groups excluding carboxylic acids is 2. The van der Waals surface area contributed by atoms with E-state index in [2.05, 4.69) is 37.5 Å². The maximum atomic E-state index is 13.3. The van der Waals surface area contributed by atoms with Crippen molar-refractivity contribution in [2.24, 2.45) is 5.92 Å². The molecular formula is C21H30N2O2. The molecule has 2 N–H and O–H groups in total. The predicted octanol–water partition coefficient (Wildman–Crippen LogP) is 3.96. The SMILES string of the molecule is CCCCNC(C)C1CCc2cc(C)c3c(c2C1=O)C(C)CC(=O)N3. The van der Waals surface area contributed by atoms with Crippen molar-refractivity contribution in [2.75, 3.05) is 11.9 Å². The number of carbonyl (C=O) groups is 2. The van der Waals surface area contributed by atoms with Gasteiger partial charge < -0.3 is 10.6 Å². The van der Waals surface area contributed by atoms with E-state index in [4.69, 9.17) is 0 Å². The molecule has 1 aliphatic carbocycles. The van der Waals surface area contributed by atoms with Gasteiger partial charge in [0.2, 0.25) is 5.91 Å². The molecule has 2 aliphatic rings. The van der Waals surface area contributed by atoms with Gasteiger partial charge in [0, 0.05) is 29.6 Å². The summed E-state index contributed by atoms with van der Waals surface area (Å²) >= 11 is 0. The average Bonchev–Trinajstić information content (AvgIpc) is 2.55. The van der Waals surface area contributed by atoms with Crippen molar-refractivity contribution in [1.82, 2.24) is 5.32 Å². The lowest BCUT2D eigenvalue weighted by atomic mass is 9.73. The van der Waals surface area contributed by atoms with Crippen molar-refractivity contribution in [3.05, 3.63) is 28.3 Å². The fourth-order valence-electron chi connectivity index (χ4n) is 4.39. The molecular weight excluding hydrogens is 312 g/mol. The zero-order valence-electron chi connectivity index (χ0n) is 15.9. The van der Waals surface area contributed by atoms with Crippen LogP contribution < -0.4 is 10.6 Å². The van der Waals surface area contributed by atoms with Gasteiger partial charge in [-0.1, -0.05) is 26.3 Å². The van der Waals surface area contributed by atoms with Gasteiger partial charge in [-0.3, -0.25) is 9.59 Å². The second-order valence-corrected chi connectivity index (χ2v) is 7.78. The van der Waals surface area contributed by atoms with Crippen molar-refractivity contribution in [3.63, 3.8) is 0 Å².